The summed E-state index contributed by atoms with van der Waals surface area (Å²) >= 11 is 5.90. The van der Waals surface area contributed by atoms with Crippen molar-refractivity contribution in [3.8, 4) is 0 Å². The van der Waals surface area contributed by atoms with Crippen LogP contribution in [0.2, 0.25) is 0 Å². The quantitative estimate of drug-likeness (QED) is 0.321. The van der Waals surface area contributed by atoms with Crippen LogP contribution < -0.4 is 10.6 Å². The molecule has 0 radical (unpaired) electrons. The number of nitrogens with zero attached hydrogens (tertiary/aromatic N) is 2. The summed E-state index contributed by atoms with van der Waals surface area (Å²) in [6.45, 7) is 3.78. The van der Waals surface area contributed by atoms with E-state index < -0.39 is 0 Å². The van der Waals surface area contributed by atoms with Gasteiger partial charge in [0.05, 0.1) is 13.6 Å². The van der Waals surface area contributed by atoms with Gasteiger partial charge in [-0.25, -0.2) is 4.98 Å². The van der Waals surface area contributed by atoms with Gasteiger partial charge in [-0.05, 0) is 48.1 Å². The van der Waals surface area contributed by atoms with E-state index in [0.29, 0.717) is 0 Å². The Morgan fingerprint density at radius 1 is 1.27 bits per heavy atom. The van der Waals surface area contributed by atoms with E-state index >= 15 is 0 Å². The topological polar surface area (TPSA) is 49.3 Å². The fourth-order valence-electron chi connectivity index (χ4n) is 1.84. The third kappa shape index (κ3) is 7.09. The van der Waals surface area contributed by atoms with Gasteiger partial charge in [0.2, 0.25) is 0 Å². The predicted molar refractivity (Wildman–Crippen MR) is 116 cm³/mol. The second-order valence-corrected chi connectivity index (χ2v) is 8.61. The second-order valence-electron chi connectivity index (χ2n) is 4.49. The van der Waals surface area contributed by atoms with Crippen LogP contribution in [0.25, 0.3) is 0 Å². The van der Waals surface area contributed by atoms with Gasteiger partial charge in [-0.15, -0.1) is 46.7 Å². The molecule has 0 atom stereocenters. The van der Waals surface area contributed by atoms with Crippen LogP contribution in [0, 0.1) is 9.81 Å². The highest BCUT2D eigenvalue weighted by atomic mass is 127. The van der Waals surface area contributed by atoms with E-state index in [1.807, 2.05) is 18.3 Å². The molecule has 122 valence electrons. The van der Waals surface area contributed by atoms with Gasteiger partial charge in [0, 0.05) is 36.8 Å². The van der Waals surface area contributed by atoms with Crippen molar-refractivity contribution < 1.29 is 0 Å². The molecule has 0 aliphatic heterocycles. The number of guanidine groups is 1. The van der Waals surface area contributed by atoms with Crippen molar-refractivity contribution in [2.75, 3.05) is 20.1 Å². The molecule has 22 heavy (non-hydrogen) atoms. The maximum atomic E-state index is 4.46. The minimum atomic E-state index is 0. The van der Waals surface area contributed by atoms with Crippen molar-refractivity contribution in [1.82, 2.24) is 15.6 Å². The normalized spacial score (nSPS) is 11.1. The van der Waals surface area contributed by atoms with E-state index in [1.54, 1.807) is 18.4 Å². The van der Waals surface area contributed by atoms with Crippen molar-refractivity contribution in [2.24, 2.45) is 4.99 Å². The Labute approximate surface area is 170 Å². The Morgan fingerprint density at radius 3 is 2.55 bits per heavy atom. The predicted octanol–water partition coefficient (Wildman–Crippen LogP) is 3.69. The number of thiazole rings is 1. The average Bonchev–Trinajstić information content (AvgIpc) is 3.06. The molecule has 0 saturated heterocycles. The fraction of sp³-hybridized carbons (Fsp3) is 0.429. The van der Waals surface area contributed by atoms with Gasteiger partial charge in [0.25, 0.3) is 0 Å². The highest BCUT2D eigenvalue weighted by Crippen LogP contribution is 2.18. The van der Waals surface area contributed by atoms with Crippen LogP contribution in [0.3, 0.4) is 0 Å². The summed E-state index contributed by atoms with van der Waals surface area (Å²) in [5, 5.41) is 9.91. The Hall–Kier alpha value is 0.0600. The maximum absolute atomic E-state index is 4.46. The van der Waals surface area contributed by atoms with Gasteiger partial charge in [-0.1, -0.05) is 0 Å². The van der Waals surface area contributed by atoms with Crippen LogP contribution in [-0.4, -0.2) is 31.1 Å². The SMILES string of the molecule is CN=C(NCCc1csc(C)n1)NCCc1ccc(I)s1.I. The first-order chi connectivity index (χ1) is 10.2. The summed E-state index contributed by atoms with van der Waals surface area (Å²) in [7, 11) is 1.80. The number of halogens is 2. The first-order valence-corrected chi connectivity index (χ1v) is 9.54. The van der Waals surface area contributed by atoms with Crippen LogP contribution in [-0.2, 0) is 12.8 Å². The minimum Gasteiger partial charge on any atom is -0.356 e. The Kier molecular flexibility index (Phi) is 9.84. The molecule has 0 aliphatic rings. The van der Waals surface area contributed by atoms with Crippen LogP contribution in [0.4, 0.5) is 0 Å². The zero-order valence-electron chi connectivity index (χ0n) is 12.6. The summed E-state index contributed by atoms with van der Waals surface area (Å²) in [6.07, 6.45) is 1.95. The molecule has 4 nitrogen and oxygen atoms in total. The summed E-state index contributed by atoms with van der Waals surface area (Å²) in [5.41, 5.74) is 1.15. The van der Waals surface area contributed by atoms with Crippen LogP contribution >= 0.6 is 69.2 Å². The van der Waals surface area contributed by atoms with Crippen molar-refractivity contribution in [3.63, 3.8) is 0 Å². The molecule has 2 aromatic heterocycles. The van der Waals surface area contributed by atoms with Gasteiger partial charge >= 0.3 is 0 Å². The summed E-state index contributed by atoms with van der Waals surface area (Å²) in [6, 6.07) is 4.35. The van der Waals surface area contributed by atoms with Crippen molar-refractivity contribution in [1.29, 1.82) is 0 Å². The lowest BCUT2D eigenvalue weighted by Gasteiger charge is -2.10. The number of thiophene rings is 1. The number of hydrogen-bond acceptors (Lipinski definition) is 4. The molecule has 0 spiro atoms. The molecule has 0 aromatic carbocycles. The Balaban J connectivity index is 0.00000242. The summed E-state index contributed by atoms with van der Waals surface area (Å²) in [5.74, 6) is 0.855. The zero-order chi connectivity index (χ0) is 15.1. The number of aromatic nitrogens is 1. The van der Waals surface area contributed by atoms with Crippen molar-refractivity contribution in [2.45, 2.75) is 19.8 Å². The van der Waals surface area contributed by atoms with Gasteiger partial charge in [-0.2, -0.15) is 0 Å². The van der Waals surface area contributed by atoms with E-state index in [2.05, 4.69) is 60.7 Å². The lowest BCUT2D eigenvalue weighted by atomic mass is 10.3. The zero-order valence-corrected chi connectivity index (χ0v) is 18.7. The lowest BCUT2D eigenvalue weighted by molar-refractivity contribution is 0.780. The molecule has 2 rings (SSSR count). The summed E-state index contributed by atoms with van der Waals surface area (Å²) in [4.78, 5) is 10.1. The van der Waals surface area contributed by atoms with E-state index in [4.69, 9.17) is 0 Å². The van der Waals surface area contributed by atoms with Gasteiger partial charge < -0.3 is 10.6 Å². The lowest BCUT2D eigenvalue weighted by Crippen LogP contribution is -2.39. The van der Waals surface area contributed by atoms with Crippen LogP contribution in [0.5, 0.6) is 0 Å². The van der Waals surface area contributed by atoms with Gasteiger partial charge in [-0.3, -0.25) is 4.99 Å². The van der Waals surface area contributed by atoms with Crippen LogP contribution in [0.15, 0.2) is 22.5 Å². The number of aliphatic imine (C=N–C) groups is 1. The third-order valence-corrected chi connectivity index (χ3v) is 5.63. The van der Waals surface area contributed by atoms with Gasteiger partial charge in [0.15, 0.2) is 5.96 Å². The standard InChI is InChI=1S/C14H19IN4S2.HI/c1-10-19-11(9-20-10)5-7-17-14(16-2)18-8-6-12-3-4-13(15)21-12;/h3-4,9H,5-8H2,1-2H3,(H2,16,17,18);1H. The fourth-order valence-corrected chi connectivity index (χ4v) is 4.25. The van der Waals surface area contributed by atoms with E-state index in [1.165, 1.54) is 7.76 Å². The maximum Gasteiger partial charge on any atom is 0.191 e. The van der Waals surface area contributed by atoms with Gasteiger partial charge in [0.1, 0.15) is 0 Å². The molecule has 0 fully saturated rings. The number of aryl methyl sites for hydroxylation is 1. The van der Waals surface area contributed by atoms with Crippen molar-refractivity contribution >= 4 is 75.2 Å². The first kappa shape index (κ1) is 20.1. The number of rotatable bonds is 6. The molecule has 8 heteroatoms. The molecule has 2 heterocycles. The Bertz CT molecular complexity index is 547. The third-order valence-electron chi connectivity index (χ3n) is 2.86. The largest absolute Gasteiger partial charge is 0.356 e. The van der Waals surface area contributed by atoms with Crippen LogP contribution in [0.1, 0.15) is 15.6 Å². The van der Waals surface area contributed by atoms with E-state index in [9.17, 15) is 0 Å². The molecule has 0 saturated carbocycles. The first-order valence-electron chi connectivity index (χ1n) is 6.77. The van der Waals surface area contributed by atoms with E-state index in [-0.39, 0.29) is 24.0 Å². The smallest absolute Gasteiger partial charge is 0.191 e. The minimum absolute atomic E-state index is 0. The molecule has 0 amide bonds. The highest BCUT2D eigenvalue weighted by Gasteiger charge is 2.01. The molecule has 0 unspecified atom stereocenters. The number of hydrogen-bond donors (Lipinski definition) is 2. The molecule has 0 aliphatic carbocycles. The molecule has 0 bridgehead atoms. The average molecular weight is 562 g/mol. The molecular weight excluding hydrogens is 542 g/mol. The summed E-state index contributed by atoms with van der Waals surface area (Å²) < 4.78 is 1.34. The Morgan fingerprint density at radius 2 is 2.00 bits per heavy atom. The molecule has 2 aromatic rings. The van der Waals surface area contributed by atoms with Crippen molar-refractivity contribution in [3.05, 3.63) is 36.0 Å². The highest BCUT2D eigenvalue weighted by molar-refractivity contribution is 14.1. The molecule has 2 N–H and O–H groups in total. The number of nitrogens with one attached hydrogen (secondary N) is 2. The molecular formula is C14H20I2N4S2. The van der Waals surface area contributed by atoms with E-state index in [0.717, 1.165) is 42.6 Å². The second kappa shape index (κ2) is 10.8. The monoisotopic (exact) mass is 562 g/mol.